The van der Waals surface area contributed by atoms with E-state index in [1.807, 2.05) is 0 Å². The number of alkyl halides is 3. The van der Waals surface area contributed by atoms with Gasteiger partial charge in [-0.05, 0) is 48.2 Å². The summed E-state index contributed by atoms with van der Waals surface area (Å²) in [5.74, 6) is -0.818. The van der Waals surface area contributed by atoms with Crippen molar-refractivity contribution in [3.05, 3.63) is 54.1 Å². The molecule has 2 rings (SSSR count). The second-order valence-electron chi connectivity index (χ2n) is 4.93. The fourth-order valence-electron chi connectivity index (χ4n) is 1.91. The molecule has 138 valence electrons. The molecule has 0 unspecified atom stereocenters. The Morgan fingerprint density at radius 2 is 1.81 bits per heavy atom. The quantitative estimate of drug-likeness (QED) is 0.599. The molecule has 0 aromatic heterocycles. The fraction of sp³-hybridized carbons (Fsp3) is 0.176. The smallest absolute Gasteiger partial charge is 0.446 e. The summed E-state index contributed by atoms with van der Waals surface area (Å²) in [6.07, 6.45) is 0. The highest BCUT2D eigenvalue weighted by Crippen LogP contribution is 2.36. The van der Waals surface area contributed by atoms with Crippen molar-refractivity contribution in [1.82, 2.24) is 0 Å². The molecule has 0 saturated heterocycles. The zero-order valence-corrected chi connectivity index (χ0v) is 14.3. The fourth-order valence-corrected chi connectivity index (χ4v) is 2.44. The van der Waals surface area contributed by atoms with Gasteiger partial charge >= 0.3 is 11.5 Å². The van der Waals surface area contributed by atoms with E-state index in [-0.39, 0.29) is 22.2 Å². The van der Waals surface area contributed by atoms with Crippen LogP contribution < -0.4 is 10.1 Å². The number of carbonyl (C=O) groups excluding carboxylic acids is 2. The number of ether oxygens (including phenoxy) is 2. The SMILES string of the molecule is COc1cccc(NC(=O)COC(=O)c2ccc(SC(F)(F)F)cc2)c1. The van der Waals surface area contributed by atoms with Crippen molar-refractivity contribution in [2.45, 2.75) is 10.4 Å². The zero-order chi connectivity index (χ0) is 19.2. The summed E-state index contributed by atoms with van der Waals surface area (Å²) in [4.78, 5) is 23.6. The van der Waals surface area contributed by atoms with Crippen LogP contribution in [0, 0.1) is 0 Å². The zero-order valence-electron chi connectivity index (χ0n) is 13.5. The van der Waals surface area contributed by atoms with Crippen LogP contribution in [0.1, 0.15) is 10.4 Å². The summed E-state index contributed by atoms with van der Waals surface area (Å²) in [5.41, 5.74) is -3.88. The molecule has 2 aromatic carbocycles. The highest BCUT2D eigenvalue weighted by atomic mass is 32.2. The summed E-state index contributed by atoms with van der Waals surface area (Å²) in [5, 5.41) is 2.53. The second kappa shape index (κ2) is 8.61. The minimum absolute atomic E-state index is 0.0469. The van der Waals surface area contributed by atoms with Gasteiger partial charge in [-0.2, -0.15) is 13.2 Å². The number of esters is 1. The van der Waals surface area contributed by atoms with Gasteiger partial charge in [-0.1, -0.05) is 6.07 Å². The van der Waals surface area contributed by atoms with Gasteiger partial charge in [0.05, 0.1) is 12.7 Å². The van der Waals surface area contributed by atoms with Crippen molar-refractivity contribution in [3.8, 4) is 5.75 Å². The van der Waals surface area contributed by atoms with Crippen LogP contribution in [0.4, 0.5) is 18.9 Å². The lowest BCUT2D eigenvalue weighted by Gasteiger charge is -2.08. The highest BCUT2D eigenvalue weighted by molar-refractivity contribution is 8.00. The average Bonchev–Trinajstić information content (AvgIpc) is 2.59. The number of rotatable bonds is 6. The highest BCUT2D eigenvalue weighted by Gasteiger charge is 2.29. The number of halogens is 3. The van der Waals surface area contributed by atoms with Gasteiger partial charge < -0.3 is 14.8 Å². The molecule has 0 aliphatic rings. The third-order valence-corrected chi connectivity index (χ3v) is 3.75. The Bertz CT molecular complexity index is 778. The molecule has 0 saturated carbocycles. The largest absolute Gasteiger partial charge is 0.497 e. The summed E-state index contributed by atoms with van der Waals surface area (Å²) in [7, 11) is 1.49. The minimum atomic E-state index is -4.40. The first-order chi connectivity index (χ1) is 12.3. The Balaban J connectivity index is 1.86. The van der Waals surface area contributed by atoms with Crippen molar-refractivity contribution in [2.75, 3.05) is 19.0 Å². The lowest BCUT2D eigenvalue weighted by atomic mass is 10.2. The maximum Gasteiger partial charge on any atom is 0.446 e. The molecule has 0 spiro atoms. The number of carbonyl (C=O) groups is 2. The number of amides is 1. The first-order valence-electron chi connectivity index (χ1n) is 7.23. The molecule has 1 N–H and O–H groups in total. The van der Waals surface area contributed by atoms with Crippen LogP contribution >= 0.6 is 11.8 Å². The molecule has 26 heavy (non-hydrogen) atoms. The van der Waals surface area contributed by atoms with Crippen LogP contribution in [-0.4, -0.2) is 31.1 Å². The van der Waals surface area contributed by atoms with Gasteiger partial charge in [-0.15, -0.1) is 0 Å². The third-order valence-electron chi connectivity index (χ3n) is 3.01. The Labute approximate surface area is 151 Å². The van der Waals surface area contributed by atoms with E-state index in [0.717, 1.165) is 12.1 Å². The van der Waals surface area contributed by atoms with E-state index in [1.54, 1.807) is 24.3 Å². The topological polar surface area (TPSA) is 64.6 Å². The summed E-state index contributed by atoms with van der Waals surface area (Å²) < 4.78 is 46.6. The minimum Gasteiger partial charge on any atom is -0.497 e. The normalized spacial score (nSPS) is 10.9. The van der Waals surface area contributed by atoms with E-state index < -0.39 is 24.0 Å². The molecule has 0 fully saturated rings. The number of nitrogens with one attached hydrogen (secondary N) is 1. The van der Waals surface area contributed by atoms with Crippen molar-refractivity contribution >= 4 is 29.3 Å². The summed E-state index contributed by atoms with van der Waals surface area (Å²) in [6.45, 7) is -0.533. The van der Waals surface area contributed by atoms with Gasteiger partial charge in [0.1, 0.15) is 5.75 Å². The van der Waals surface area contributed by atoms with Crippen molar-refractivity contribution in [2.24, 2.45) is 0 Å². The summed E-state index contributed by atoms with van der Waals surface area (Å²) in [6, 6.07) is 11.3. The van der Waals surface area contributed by atoms with E-state index in [1.165, 1.54) is 19.2 Å². The predicted octanol–water partition coefficient (Wildman–Crippen LogP) is 4.10. The van der Waals surface area contributed by atoms with Crippen molar-refractivity contribution in [1.29, 1.82) is 0 Å². The van der Waals surface area contributed by atoms with E-state index >= 15 is 0 Å². The molecule has 0 atom stereocenters. The molecule has 0 bridgehead atoms. The molecule has 1 amide bonds. The number of thioether (sulfide) groups is 1. The van der Waals surface area contributed by atoms with Crippen LogP contribution in [0.3, 0.4) is 0 Å². The third kappa shape index (κ3) is 6.32. The number of anilines is 1. The van der Waals surface area contributed by atoms with E-state index in [9.17, 15) is 22.8 Å². The molecule has 0 heterocycles. The van der Waals surface area contributed by atoms with Crippen LogP contribution in [-0.2, 0) is 9.53 Å². The molecule has 0 aliphatic heterocycles. The molecular weight excluding hydrogens is 371 g/mol. The van der Waals surface area contributed by atoms with Crippen LogP contribution in [0.2, 0.25) is 0 Å². The number of benzene rings is 2. The van der Waals surface area contributed by atoms with Gasteiger partial charge in [0.2, 0.25) is 0 Å². The Morgan fingerprint density at radius 3 is 2.42 bits per heavy atom. The Hall–Kier alpha value is -2.68. The molecule has 0 aliphatic carbocycles. The number of hydrogen-bond acceptors (Lipinski definition) is 5. The van der Waals surface area contributed by atoms with E-state index in [2.05, 4.69) is 5.32 Å². The number of methoxy groups -OCH3 is 1. The number of hydrogen-bond donors (Lipinski definition) is 1. The monoisotopic (exact) mass is 385 g/mol. The molecule has 9 heteroatoms. The standard InChI is InChI=1S/C17H14F3NO4S/c1-24-13-4-2-3-12(9-13)21-15(22)10-25-16(23)11-5-7-14(8-6-11)26-17(18,19)20/h2-9H,10H2,1H3,(H,21,22). The van der Waals surface area contributed by atoms with E-state index in [0.29, 0.717) is 11.4 Å². The van der Waals surface area contributed by atoms with Crippen LogP contribution in [0.5, 0.6) is 5.75 Å². The van der Waals surface area contributed by atoms with Gasteiger partial charge in [-0.3, -0.25) is 4.79 Å². The lowest BCUT2D eigenvalue weighted by molar-refractivity contribution is -0.119. The van der Waals surface area contributed by atoms with Gasteiger partial charge in [0.15, 0.2) is 6.61 Å². The Kier molecular flexibility index (Phi) is 6.51. The molecule has 0 radical (unpaired) electrons. The summed E-state index contributed by atoms with van der Waals surface area (Å²) >= 11 is -0.283. The van der Waals surface area contributed by atoms with Gasteiger partial charge in [-0.25, -0.2) is 4.79 Å². The maximum absolute atomic E-state index is 12.3. The average molecular weight is 385 g/mol. The lowest BCUT2D eigenvalue weighted by Crippen LogP contribution is -2.20. The van der Waals surface area contributed by atoms with Gasteiger partial charge in [0.25, 0.3) is 5.91 Å². The second-order valence-corrected chi connectivity index (χ2v) is 6.07. The molecular formula is C17H14F3NO4S. The van der Waals surface area contributed by atoms with E-state index in [4.69, 9.17) is 9.47 Å². The maximum atomic E-state index is 12.3. The molecule has 5 nitrogen and oxygen atoms in total. The first kappa shape index (κ1) is 19.6. The van der Waals surface area contributed by atoms with Gasteiger partial charge in [0, 0.05) is 16.6 Å². The Morgan fingerprint density at radius 1 is 1.12 bits per heavy atom. The molecule has 2 aromatic rings. The first-order valence-corrected chi connectivity index (χ1v) is 8.05. The predicted molar refractivity (Wildman–Crippen MR) is 90.3 cm³/mol. The van der Waals surface area contributed by atoms with Crippen LogP contribution in [0.25, 0.3) is 0 Å². The van der Waals surface area contributed by atoms with Crippen molar-refractivity contribution < 1.29 is 32.2 Å². The van der Waals surface area contributed by atoms with Crippen LogP contribution in [0.15, 0.2) is 53.4 Å². The van der Waals surface area contributed by atoms with Crippen molar-refractivity contribution in [3.63, 3.8) is 0 Å².